The van der Waals surface area contributed by atoms with Gasteiger partial charge in [0.25, 0.3) is 5.91 Å². The largest absolute Gasteiger partial charge is 0.469 e. The van der Waals surface area contributed by atoms with Crippen LogP contribution in [0, 0.1) is 11.8 Å². The molecule has 2 unspecified atom stereocenters. The summed E-state index contributed by atoms with van der Waals surface area (Å²) in [5, 5.41) is 6.24. The van der Waals surface area contributed by atoms with E-state index >= 15 is 0 Å². The fourth-order valence-corrected chi connectivity index (χ4v) is 3.50. The highest BCUT2D eigenvalue weighted by Gasteiger charge is 2.36. The second-order valence-electron chi connectivity index (χ2n) is 7.94. The summed E-state index contributed by atoms with van der Waals surface area (Å²) in [6, 6.07) is 7.53. The van der Waals surface area contributed by atoms with Crippen molar-refractivity contribution < 1.29 is 14.3 Å². The molecule has 1 saturated heterocycles. The number of rotatable bonds is 8. The molecular formula is C22H36IN5O3. The topological polar surface area (TPSA) is 86.3 Å². The van der Waals surface area contributed by atoms with Crippen molar-refractivity contribution in [1.82, 2.24) is 20.4 Å². The Kier molecular flexibility index (Phi) is 11.8. The van der Waals surface area contributed by atoms with Crippen LogP contribution in [0.25, 0.3) is 0 Å². The molecule has 1 aromatic rings. The van der Waals surface area contributed by atoms with E-state index in [1.807, 2.05) is 50.2 Å². The lowest BCUT2D eigenvalue weighted by Crippen LogP contribution is -2.40. The summed E-state index contributed by atoms with van der Waals surface area (Å²) in [7, 11) is 5.38. The summed E-state index contributed by atoms with van der Waals surface area (Å²) < 4.78 is 4.93. The van der Waals surface area contributed by atoms with Crippen molar-refractivity contribution in [3.63, 3.8) is 0 Å². The number of hydrogen-bond donors (Lipinski definition) is 2. The van der Waals surface area contributed by atoms with Gasteiger partial charge in [0, 0.05) is 38.3 Å². The Morgan fingerprint density at radius 2 is 2.00 bits per heavy atom. The van der Waals surface area contributed by atoms with Crippen LogP contribution in [0.4, 0.5) is 0 Å². The van der Waals surface area contributed by atoms with E-state index in [0.29, 0.717) is 25.2 Å². The molecule has 174 valence electrons. The minimum Gasteiger partial charge on any atom is -0.469 e. The molecule has 1 aliphatic rings. The molecule has 2 atom stereocenters. The van der Waals surface area contributed by atoms with Gasteiger partial charge in [-0.2, -0.15) is 0 Å². The summed E-state index contributed by atoms with van der Waals surface area (Å²) in [4.78, 5) is 33.2. The Morgan fingerprint density at radius 1 is 1.26 bits per heavy atom. The quantitative estimate of drug-likeness (QED) is 0.224. The lowest BCUT2D eigenvalue weighted by Gasteiger charge is -2.21. The summed E-state index contributed by atoms with van der Waals surface area (Å²) in [6.45, 7) is 8.01. The van der Waals surface area contributed by atoms with Crippen LogP contribution in [0.5, 0.6) is 0 Å². The normalized spacial score (nSPS) is 18.5. The van der Waals surface area contributed by atoms with Crippen LogP contribution in [0.2, 0.25) is 0 Å². The monoisotopic (exact) mass is 545 g/mol. The third-order valence-electron chi connectivity index (χ3n) is 5.20. The first kappa shape index (κ1) is 27.2. The Morgan fingerprint density at radius 3 is 2.65 bits per heavy atom. The van der Waals surface area contributed by atoms with Crippen molar-refractivity contribution >= 4 is 41.8 Å². The molecule has 1 heterocycles. The average Bonchev–Trinajstić information content (AvgIpc) is 3.11. The summed E-state index contributed by atoms with van der Waals surface area (Å²) in [6.07, 6.45) is 0. The molecule has 0 aromatic heterocycles. The number of likely N-dealkylation sites (tertiary alicyclic amines) is 1. The molecule has 2 N–H and O–H groups in total. The average molecular weight is 545 g/mol. The lowest BCUT2D eigenvalue weighted by atomic mass is 9.99. The Hall–Kier alpha value is -1.88. The zero-order valence-electron chi connectivity index (χ0n) is 19.2. The van der Waals surface area contributed by atoms with Crippen molar-refractivity contribution in [2.24, 2.45) is 16.8 Å². The fraction of sp³-hybridized carbons (Fsp3) is 0.591. The molecule has 8 nitrogen and oxygen atoms in total. The van der Waals surface area contributed by atoms with E-state index in [1.165, 1.54) is 7.11 Å². The predicted octanol–water partition coefficient (Wildman–Crippen LogP) is 1.80. The minimum absolute atomic E-state index is 0. The van der Waals surface area contributed by atoms with E-state index in [2.05, 4.69) is 22.5 Å². The number of aliphatic imine (C=N–C) groups is 1. The number of hydrogen-bond acceptors (Lipinski definition) is 5. The molecule has 1 aromatic carbocycles. The molecule has 1 fully saturated rings. The lowest BCUT2D eigenvalue weighted by molar-refractivity contribution is -0.145. The van der Waals surface area contributed by atoms with Crippen LogP contribution in [0.15, 0.2) is 29.3 Å². The molecule has 31 heavy (non-hydrogen) atoms. The smallest absolute Gasteiger partial charge is 0.310 e. The molecule has 0 spiro atoms. The third kappa shape index (κ3) is 8.29. The van der Waals surface area contributed by atoms with Crippen LogP contribution >= 0.6 is 24.0 Å². The van der Waals surface area contributed by atoms with Gasteiger partial charge in [0.2, 0.25) is 0 Å². The zero-order chi connectivity index (χ0) is 22.1. The van der Waals surface area contributed by atoms with Crippen molar-refractivity contribution in [3.8, 4) is 0 Å². The molecule has 0 aliphatic carbocycles. The van der Waals surface area contributed by atoms with E-state index in [4.69, 9.17) is 9.73 Å². The van der Waals surface area contributed by atoms with Gasteiger partial charge in [-0.3, -0.25) is 9.59 Å². The zero-order valence-corrected chi connectivity index (χ0v) is 21.5. The van der Waals surface area contributed by atoms with Gasteiger partial charge in [-0.15, -0.1) is 24.0 Å². The van der Waals surface area contributed by atoms with Crippen LogP contribution < -0.4 is 10.6 Å². The van der Waals surface area contributed by atoms with Crippen molar-refractivity contribution in [3.05, 3.63) is 35.4 Å². The maximum absolute atomic E-state index is 12.4. The Balaban J connectivity index is 0.00000480. The first-order valence-corrected chi connectivity index (χ1v) is 10.5. The number of likely N-dealkylation sites (N-methyl/N-ethyl adjacent to an activating group) is 1. The van der Waals surface area contributed by atoms with E-state index in [1.54, 1.807) is 0 Å². The molecule has 0 radical (unpaired) electrons. The molecule has 0 bridgehead atoms. The van der Waals surface area contributed by atoms with Crippen LogP contribution in [-0.2, 0) is 16.1 Å². The Bertz CT molecular complexity index is 756. The number of halogens is 1. The van der Waals surface area contributed by atoms with Gasteiger partial charge in [-0.05, 0) is 44.6 Å². The highest BCUT2D eigenvalue weighted by Crippen LogP contribution is 2.24. The molecule has 0 saturated carbocycles. The van der Waals surface area contributed by atoms with Crippen molar-refractivity contribution in [2.45, 2.75) is 20.4 Å². The van der Waals surface area contributed by atoms with Crippen LogP contribution in [0.3, 0.4) is 0 Å². The number of amides is 1. The maximum Gasteiger partial charge on any atom is 0.310 e. The van der Waals surface area contributed by atoms with Gasteiger partial charge in [-0.25, -0.2) is 4.99 Å². The van der Waals surface area contributed by atoms with E-state index in [-0.39, 0.29) is 47.7 Å². The fourth-order valence-electron chi connectivity index (χ4n) is 3.50. The van der Waals surface area contributed by atoms with Gasteiger partial charge in [0.1, 0.15) is 0 Å². The van der Waals surface area contributed by atoms with Crippen LogP contribution in [-0.4, -0.2) is 81.6 Å². The highest BCUT2D eigenvalue weighted by atomic mass is 127. The molecule has 2 rings (SSSR count). The number of methoxy groups -OCH3 is 1. The Labute approximate surface area is 202 Å². The number of ether oxygens (including phenoxy) is 1. The number of benzene rings is 1. The maximum atomic E-state index is 12.4. The first-order valence-electron chi connectivity index (χ1n) is 10.5. The molecule has 1 amide bonds. The van der Waals surface area contributed by atoms with E-state index in [0.717, 1.165) is 31.2 Å². The number of carbonyl (C=O) groups is 2. The minimum atomic E-state index is -0.172. The van der Waals surface area contributed by atoms with Crippen molar-refractivity contribution in [1.29, 1.82) is 0 Å². The summed E-state index contributed by atoms with van der Waals surface area (Å²) in [5.41, 5.74) is 1.59. The number of nitrogens with one attached hydrogen (secondary N) is 2. The van der Waals surface area contributed by atoms with Gasteiger partial charge in [-0.1, -0.05) is 19.1 Å². The number of guanidine groups is 1. The SMILES string of the molecule is CCNC(=NCc1cccc(C(=O)NCCN(C)C)c1)N1CC(C)C(C(=O)OC)C1.I. The summed E-state index contributed by atoms with van der Waals surface area (Å²) >= 11 is 0. The van der Waals surface area contributed by atoms with E-state index < -0.39 is 0 Å². The number of nitrogens with zero attached hydrogens (tertiary/aromatic N) is 3. The van der Waals surface area contributed by atoms with Crippen molar-refractivity contribution in [2.75, 3.05) is 53.9 Å². The summed E-state index contributed by atoms with van der Waals surface area (Å²) in [5.74, 6) is 0.581. The van der Waals surface area contributed by atoms with Crippen LogP contribution in [0.1, 0.15) is 29.8 Å². The van der Waals surface area contributed by atoms with Gasteiger partial charge in [0.15, 0.2) is 5.96 Å². The third-order valence-corrected chi connectivity index (χ3v) is 5.20. The number of carbonyl (C=O) groups excluding carboxylic acids is 2. The molecule has 1 aliphatic heterocycles. The second kappa shape index (κ2) is 13.5. The van der Waals surface area contributed by atoms with Gasteiger partial charge >= 0.3 is 5.97 Å². The standard InChI is InChI=1S/C22H35N5O3.HI/c1-6-23-22(27-14-16(2)19(15-27)21(29)30-5)25-13-17-8-7-9-18(12-17)20(28)24-10-11-26(3)4;/h7-9,12,16,19H,6,10-11,13-15H2,1-5H3,(H,23,25)(H,24,28);1H. The predicted molar refractivity (Wildman–Crippen MR) is 134 cm³/mol. The molecular weight excluding hydrogens is 509 g/mol. The van der Waals surface area contributed by atoms with E-state index in [9.17, 15) is 9.59 Å². The number of esters is 1. The van der Waals surface area contributed by atoms with Gasteiger partial charge < -0.3 is 25.2 Å². The highest BCUT2D eigenvalue weighted by molar-refractivity contribution is 14.0. The first-order chi connectivity index (χ1) is 14.3. The second-order valence-corrected chi connectivity index (χ2v) is 7.94. The van der Waals surface area contributed by atoms with Gasteiger partial charge in [0.05, 0.1) is 19.6 Å². The molecule has 9 heteroatoms.